The van der Waals surface area contributed by atoms with Gasteiger partial charge in [0.2, 0.25) is 5.95 Å². The van der Waals surface area contributed by atoms with Crippen molar-refractivity contribution in [3.05, 3.63) is 5.82 Å². The van der Waals surface area contributed by atoms with Gasteiger partial charge in [-0.2, -0.15) is 4.98 Å². The van der Waals surface area contributed by atoms with Crippen LogP contribution in [-0.2, 0) is 5.41 Å². The number of H-pyrrole nitrogens is 1. The van der Waals surface area contributed by atoms with Crippen LogP contribution in [0.25, 0.3) is 0 Å². The number of nitrogens with two attached hydrogens (primary N) is 1. The lowest BCUT2D eigenvalue weighted by molar-refractivity contribution is 0.419. The lowest BCUT2D eigenvalue weighted by Crippen LogP contribution is -2.39. The van der Waals surface area contributed by atoms with E-state index in [2.05, 4.69) is 40.9 Å². The Morgan fingerprint density at radius 2 is 2.24 bits per heavy atom. The molecule has 1 aliphatic heterocycles. The molecule has 96 valence electrons. The Morgan fingerprint density at radius 3 is 2.82 bits per heavy atom. The smallest absolute Gasteiger partial charge is 0.244 e. The minimum absolute atomic E-state index is 0.0221. The number of aromatic nitrogens is 3. The molecule has 3 N–H and O–H groups in total. The Balaban J connectivity index is 2.09. The van der Waals surface area contributed by atoms with Crippen molar-refractivity contribution in [2.75, 3.05) is 24.5 Å². The van der Waals surface area contributed by atoms with Gasteiger partial charge in [0, 0.05) is 18.5 Å². The maximum Gasteiger partial charge on any atom is 0.244 e. The van der Waals surface area contributed by atoms with Gasteiger partial charge >= 0.3 is 0 Å². The summed E-state index contributed by atoms with van der Waals surface area (Å²) in [4.78, 5) is 6.84. The van der Waals surface area contributed by atoms with Gasteiger partial charge in [0.15, 0.2) is 0 Å². The van der Waals surface area contributed by atoms with Crippen LogP contribution in [0.5, 0.6) is 0 Å². The molecule has 2 rings (SSSR count). The number of nitrogens with one attached hydrogen (secondary N) is 1. The Hall–Kier alpha value is -1.10. The summed E-state index contributed by atoms with van der Waals surface area (Å²) in [5, 5.41) is 7.37. The maximum absolute atomic E-state index is 5.74. The van der Waals surface area contributed by atoms with Crippen LogP contribution in [0.1, 0.15) is 39.4 Å². The highest BCUT2D eigenvalue weighted by molar-refractivity contribution is 5.30. The molecular weight excluding hydrogens is 214 g/mol. The Labute approximate surface area is 103 Å². The van der Waals surface area contributed by atoms with Gasteiger partial charge in [-0.3, -0.25) is 5.10 Å². The van der Waals surface area contributed by atoms with Gasteiger partial charge in [0.1, 0.15) is 5.82 Å². The number of piperidine rings is 1. The lowest BCUT2D eigenvalue weighted by Gasteiger charge is -2.31. The SMILES string of the molecule is CC(C)(C)c1nc(N2CCCC(CN)C2)n[nH]1. The molecule has 1 aromatic rings. The van der Waals surface area contributed by atoms with Gasteiger partial charge in [-0.05, 0) is 25.3 Å². The molecule has 17 heavy (non-hydrogen) atoms. The molecule has 1 fully saturated rings. The van der Waals surface area contributed by atoms with Crippen LogP contribution in [0.4, 0.5) is 5.95 Å². The fourth-order valence-electron chi connectivity index (χ4n) is 2.17. The highest BCUT2D eigenvalue weighted by atomic mass is 15.4. The Morgan fingerprint density at radius 1 is 1.47 bits per heavy atom. The fourth-order valence-corrected chi connectivity index (χ4v) is 2.17. The average Bonchev–Trinajstić information content (AvgIpc) is 2.78. The van der Waals surface area contributed by atoms with E-state index in [1.54, 1.807) is 0 Å². The first-order chi connectivity index (χ1) is 8.00. The van der Waals surface area contributed by atoms with Gasteiger partial charge in [-0.15, -0.1) is 5.10 Å². The van der Waals surface area contributed by atoms with Crippen LogP contribution < -0.4 is 10.6 Å². The van der Waals surface area contributed by atoms with E-state index in [0.29, 0.717) is 5.92 Å². The summed E-state index contributed by atoms with van der Waals surface area (Å²) in [6.45, 7) is 9.19. The van der Waals surface area contributed by atoms with Gasteiger partial charge in [-0.1, -0.05) is 20.8 Å². The first-order valence-corrected chi connectivity index (χ1v) is 6.38. The molecule has 0 aliphatic carbocycles. The van der Waals surface area contributed by atoms with Gasteiger partial charge in [0.05, 0.1) is 0 Å². The van der Waals surface area contributed by atoms with Crippen LogP contribution in [0.3, 0.4) is 0 Å². The maximum atomic E-state index is 5.74. The van der Waals surface area contributed by atoms with Crippen molar-refractivity contribution in [1.29, 1.82) is 0 Å². The van der Waals surface area contributed by atoms with Gasteiger partial charge < -0.3 is 10.6 Å². The standard InChI is InChI=1S/C12H23N5/c1-12(2,3)10-14-11(16-15-10)17-6-4-5-9(7-13)8-17/h9H,4-8,13H2,1-3H3,(H,14,15,16). The second-order valence-corrected chi connectivity index (χ2v) is 5.92. The molecule has 0 saturated carbocycles. The zero-order valence-electron chi connectivity index (χ0n) is 11.0. The van der Waals surface area contributed by atoms with Crippen molar-refractivity contribution >= 4 is 5.95 Å². The normalized spacial score (nSPS) is 21.9. The molecule has 2 heterocycles. The summed E-state index contributed by atoms with van der Waals surface area (Å²) in [6, 6.07) is 0. The van der Waals surface area contributed by atoms with E-state index < -0.39 is 0 Å². The summed E-state index contributed by atoms with van der Waals surface area (Å²) in [5.41, 5.74) is 5.76. The summed E-state index contributed by atoms with van der Waals surface area (Å²) >= 11 is 0. The first-order valence-electron chi connectivity index (χ1n) is 6.38. The van der Waals surface area contributed by atoms with E-state index in [1.807, 2.05) is 0 Å². The molecule has 1 aromatic heterocycles. The molecule has 0 aromatic carbocycles. The van der Waals surface area contributed by atoms with Gasteiger partial charge in [-0.25, -0.2) is 0 Å². The molecule has 0 radical (unpaired) electrons. The predicted molar refractivity (Wildman–Crippen MR) is 69.1 cm³/mol. The highest BCUT2D eigenvalue weighted by Crippen LogP contribution is 2.23. The van der Waals surface area contributed by atoms with Crippen LogP contribution >= 0.6 is 0 Å². The topological polar surface area (TPSA) is 70.8 Å². The molecule has 5 heteroatoms. The van der Waals surface area contributed by atoms with Crippen LogP contribution in [0, 0.1) is 5.92 Å². The number of anilines is 1. The molecule has 5 nitrogen and oxygen atoms in total. The van der Waals surface area contributed by atoms with E-state index in [0.717, 1.165) is 31.4 Å². The van der Waals surface area contributed by atoms with E-state index >= 15 is 0 Å². The number of hydrogen-bond donors (Lipinski definition) is 2. The monoisotopic (exact) mass is 237 g/mol. The van der Waals surface area contributed by atoms with E-state index in [-0.39, 0.29) is 5.41 Å². The minimum Gasteiger partial charge on any atom is -0.339 e. The molecule has 1 atom stereocenters. The third kappa shape index (κ3) is 2.77. The number of rotatable bonds is 2. The highest BCUT2D eigenvalue weighted by Gasteiger charge is 2.24. The van der Waals surface area contributed by atoms with Crippen molar-refractivity contribution in [3.8, 4) is 0 Å². The average molecular weight is 237 g/mol. The third-order valence-corrected chi connectivity index (χ3v) is 3.32. The van der Waals surface area contributed by atoms with Crippen molar-refractivity contribution in [1.82, 2.24) is 15.2 Å². The number of hydrogen-bond acceptors (Lipinski definition) is 4. The summed E-state index contributed by atoms with van der Waals surface area (Å²) in [6.07, 6.45) is 2.41. The Kier molecular flexibility index (Phi) is 3.38. The molecular formula is C12H23N5. The van der Waals surface area contributed by atoms with Gasteiger partial charge in [0.25, 0.3) is 0 Å². The van der Waals surface area contributed by atoms with Crippen molar-refractivity contribution in [2.45, 2.75) is 39.0 Å². The summed E-state index contributed by atoms with van der Waals surface area (Å²) in [5.74, 6) is 2.36. The van der Waals surface area contributed by atoms with E-state index in [1.165, 1.54) is 12.8 Å². The minimum atomic E-state index is 0.0221. The van der Waals surface area contributed by atoms with Crippen LogP contribution in [-0.4, -0.2) is 34.8 Å². The van der Waals surface area contributed by atoms with Crippen LogP contribution in [0.15, 0.2) is 0 Å². The fraction of sp³-hybridized carbons (Fsp3) is 0.833. The first kappa shape index (κ1) is 12.4. The molecule has 1 aliphatic rings. The second kappa shape index (κ2) is 4.64. The van der Waals surface area contributed by atoms with Crippen LogP contribution in [0.2, 0.25) is 0 Å². The van der Waals surface area contributed by atoms with Crippen molar-refractivity contribution < 1.29 is 0 Å². The molecule has 0 bridgehead atoms. The van der Waals surface area contributed by atoms with Crippen molar-refractivity contribution in [2.24, 2.45) is 11.7 Å². The molecule has 0 amide bonds. The largest absolute Gasteiger partial charge is 0.339 e. The zero-order chi connectivity index (χ0) is 12.5. The predicted octanol–water partition coefficient (Wildman–Crippen LogP) is 1.28. The third-order valence-electron chi connectivity index (χ3n) is 3.32. The molecule has 1 saturated heterocycles. The molecule has 0 spiro atoms. The summed E-state index contributed by atoms with van der Waals surface area (Å²) in [7, 11) is 0. The molecule has 1 unspecified atom stereocenters. The van der Waals surface area contributed by atoms with E-state index in [4.69, 9.17) is 5.73 Å². The number of aromatic amines is 1. The summed E-state index contributed by atoms with van der Waals surface area (Å²) < 4.78 is 0. The second-order valence-electron chi connectivity index (χ2n) is 5.92. The quantitative estimate of drug-likeness (QED) is 0.813. The lowest BCUT2D eigenvalue weighted by atomic mass is 9.96. The van der Waals surface area contributed by atoms with Crippen molar-refractivity contribution in [3.63, 3.8) is 0 Å². The Bertz CT molecular complexity index is 365. The zero-order valence-corrected chi connectivity index (χ0v) is 11.0. The number of nitrogens with zero attached hydrogens (tertiary/aromatic N) is 3. The van der Waals surface area contributed by atoms with E-state index in [9.17, 15) is 0 Å².